The first-order valence-electron chi connectivity index (χ1n) is 6.58. The predicted octanol–water partition coefficient (Wildman–Crippen LogP) is 2.36. The summed E-state index contributed by atoms with van der Waals surface area (Å²) in [6.45, 7) is 4.47. The lowest BCUT2D eigenvalue weighted by Gasteiger charge is -2.17. The zero-order valence-corrected chi connectivity index (χ0v) is 11.9. The number of nitrogens with zero attached hydrogens (tertiary/aromatic N) is 2. The van der Waals surface area contributed by atoms with Crippen molar-refractivity contribution in [3.05, 3.63) is 47.9 Å². The Balaban J connectivity index is 1.88. The Morgan fingerprint density at radius 2 is 2.10 bits per heavy atom. The number of aromatic carboxylic acids is 1. The molecule has 1 aromatic heterocycles. The Morgan fingerprint density at radius 1 is 1.33 bits per heavy atom. The molecular weight excluding hydrogens is 270 g/mol. The third-order valence-electron chi connectivity index (χ3n) is 2.86. The van der Waals surface area contributed by atoms with E-state index in [2.05, 4.69) is 15.3 Å². The van der Waals surface area contributed by atoms with Gasteiger partial charge >= 0.3 is 5.97 Å². The Labute approximate surface area is 122 Å². The molecule has 0 aliphatic carbocycles. The Hall–Kier alpha value is -2.63. The molecule has 0 aliphatic rings. The van der Waals surface area contributed by atoms with Gasteiger partial charge in [-0.25, -0.2) is 14.8 Å². The van der Waals surface area contributed by atoms with Gasteiger partial charge in [-0.3, -0.25) is 0 Å². The monoisotopic (exact) mass is 287 g/mol. The van der Waals surface area contributed by atoms with E-state index >= 15 is 0 Å². The molecule has 1 atom stereocenters. The Bertz CT molecular complexity index is 614. The number of carboxylic acid groups (broad SMARTS) is 1. The van der Waals surface area contributed by atoms with E-state index in [1.807, 2.05) is 38.1 Å². The maximum absolute atomic E-state index is 10.7. The minimum Gasteiger partial charge on any atom is -0.489 e. The van der Waals surface area contributed by atoms with Gasteiger partial charge in [-0.15, -0.1) is 0 Å². The van der Waals surface area contributed by atoms with E-state index in [9.17, 15) is 4.79 Å². The second kappa shape index (κ2) is 6.69. The molecule has 1 aromatic carbocycles. The lowest BCUT2D eigenvalue weighted by atomic mass is 10.2. The van der Waals surface area contributed by atoms with Crippen LogP contribution in [-0.4, -0.2) is 33.7 Å². The van der Waals surface area contributed by atoms with Gasteiger partial charge in [-0.1, -0.05) is 18.2 Å². The van der Waals surface area contributed by atoms with Crippen molar-refractivity contribution in [2.45, 2.75) is 20.0 Å². The number of anilines is 1. The van der Waals surface area contributed by atoms with E-state index in [1.165, 1.54) is 12.4 Å². The lowest BCUT2D eigenvalue weighted by Crippen LogP contribution is -2.23. The second-order valence-corrected chi connectivity index (χ2v) is 4.67. The van der Waals surface area contributed by atoms with Crippen LogP contribution in [0.15, 0.2) is 36.7 Å². The van der Waals surface area contributed by atoms with E-state index < -0.39 is 5.97 Å². The van der Waals surface area contributed by atoms with Crippen LogP contribution in [0.5, 0.6) is 5.75 Å². The molecule has 0 saturated carbocycles. The molecule has 0 fully saturated rings. The third kappa shape index (κ3) is 4.17. The van der Waals surface area contributed by atoms with Gasteiger partial charge in [0, 0.05) is 0 Å². The number of hydrogen-bond acceptors (Lipinski definition) is 5. The largest absolute Gasteiger partial charge is 0.489 e. The number of nitrogens with one attached hydrogen (secondary N) is 1. The molecule has 2 aromatic rings. The topological polar surface area (TPSA) is 84.3 Å². The number of benzene rings is 1. The molecule has 6 nitrogen and oxygen atoms in total. The average molecular weight is 287 g/mol. The summed E-state index contributed by atoms with van der Waals surface area (Å²) < 4.78 is 5.82. The van der Waals surface area contributed by atoms with Crippen molar-refractivity contribution in [3.63, 3.8) is 0 Å². The number of para-hydroxylation sites is 1. The van der Waals surface area contributed by atoms with Gasteiger partial charge in [0.05, 0.1) is 18.9 Å². The van der Waals surface area contributed by atoms with Gasteiger partial charge in [-0.2, -0.15) is 0 Å². The smallest absolute Gasteiger partial charge is 0.356 e. The second-order valence-electron chi connectivity index (χ2n) is 4.67. The number of aromatic nitrogens is 2. The van der Waals surface area contributed by atoms with Crippen LogP contribution in [0.3, 0.4) is 0 Å². The van der Waals surface area contributed by atoms with Gasteiger partial charge in [0.2, 0.25) is 0 Å². The highest BCUT2D eigenvalue weighted by Crippen LogP contribution is 2.17. The lowest BCUT2D eigenvalue weighted by molar-refractivity contribution is 0.0690. The van der Waals surface area contributed by atoms with Crippen LogP contribution < -0.4 is 10.1 Å². The molecule has 0 aliphatic heterocycles. The van der Waals surface area contributed by atoms with Crippen LogP contribution in [-0.2, 0) is 0 Å². The fraction of sp³-hybridized carbons (Fsp3) is 0.267. The highest BCUT2D eigenvalue weighted by Gasteiger charge is 2.08. The molecule has 0 saturated heterocycles. The molecule has 0 spiro atoms. The minimum atomic E-state index is -1.09. The van der Waals surface area contributed by atoms with E-state index in [0.29, 0.717) is 12.4 Å². The van der Waals surface area contributed by atoms with Gasteiger partial charge in [-0.05, 0) is 25.5 Å². The van der Waals surface area contributed by atoms with Crippen molar-refractivity contribution >= 4 is 11.8 Å². The summed E-state index contributed by atoms with van der Waals surface area (Å²) in [6, 6.07) is 7.81. The Kier molecular flexibility index (Phi) is 4.71. The van der Waals surface area contributed by atoms with Crippen molar-refractivity contribution in [1.82, 2.24) is 9.97 Å². The Morgan fingerprint density at radius 3 is 2.71 bits per heavy atom. The number of carboxylic acids is 1. The molecule has 21 heavy (non-hydrogen) atoms. The van der Waals surface area contributed by atoms with Crippen LogP contribution in [0.1, 0.15) is 23.0 Å². The highest BCUT2D eigenvalue weighted by molar-refractivity contribution is 5.84. The quantitative estimate of drug-likeness (QED) is 0.848. The molecule has 0 bridgehead atoms. The molecular formula is C15H17N3O3. The summed E-state index contributed by atoms with van der Waals surface area (Å²) in [4.78, 5) is 18.4. The zero-order chi connectivity index (χ0) is 15.2. The van der Waals surface area contributed by atoms with Crippen molar-refractivity contribution in [2.24, 2.45) is 0 Å². The normalized spacial score (nSPS) is 11.7. The number of rotatable bonds is 6. The summed E-state index contributed by atoms with van der Waals surface area (Å²) in [5.74, 6) is 0.268. The van der Waals surface area contributed by atoms with Crippen molar-refractivity contribution < 1.29 is 14.6 Å². The number of ether oxygens (including phenoxy) is 1. The van der Waals surface area contributed by atoms with Crippen LogP contribution in [0.25, 0.3) is 0 Å². The fourth-order valence-electron chi connectivity index (χ4n) is 1.73. The summed E-state index contributed by atoms with van der Waals surface area (Å²) in [6.07, 6.45) is 2.55. The van der Waals surface area contributed by atoms with Gasteiger partial charge in [0.15, 0.2) is 5.69 Å². The minimum absolute atomic E-state index is 0.0629. The molecule has 1 unspecified atom stereocenters. The van der Waals surface area contributed by atoms with Crippen LogP contribution in [0.2, 0.25) is 0 Å². The van der Waals surface area contributed by atoms with Crippen molar-refractivity contribution in [1.29, 1.82) is 0 Å². The van der Waals surface area contributed by atoms with Crippen molar-refractivity contribution in [2.75, 3.05) is 11.9 Å². The van der Waals surface area contributed by atoms with E-state index in [4.69, 9.17) is 9.84 Å². The zero-order valence-electron chi connectivity index (χ0n) is 11.9. The predicted molar refractivity (Wildman–Crippen MR) is 78.8 cm³/mol. The summed E-state index contributed by atoms with van der Waals surface area (Å²) in [5, 5.41) is 11.8. The molecule has 0 amide bonds. The first-order chi connectivity index (χ1) is 10.1. The molecule has 0 radical (unpaired) electrons. The van der Waals surface area contributed by atoms with E-state index in [0.717, 1.165) is 11.3 Å². The molecule has 2 N–H and O–H groups in total. The molecule has 6 heteroatoms. The number of carbonyl (C=O) groups is 1. The summed E-state index contributed by atoms with van der Waals surface area (Å²) in [7, 11) is 0. The standard InChI is InChI=1S/C15H17N3O3/c1-10-5-3-4-6-13(10)21-11(2)7-17-14-9-16-12(8-18-14)15(19)20/h3-6,8-9,11H,7H2,1-2H3,(H,17,18)(H,19,20). The van der Waals surface area contributed by atoms with Crippen LogP contribution in [0.4, 0.5) is 5.82 Å². The number of aryl methyl sites for hydroxylation is 1. The summed E-state index contributed by atoms with van der Waals surface area (Å²) >= 11 is 0. The maximum Gasteiger partial charge on any atom is 0.356 e. The summed E-state index contributed by atoms with van der Waals surface area (Å²) in [5.41, 5.74) is 1.000. The fourth-order valence-corrected chi connectivity index (χ4v) is 1.73. The maximum atomic E-state index is 10.7. The number of hydrogen-bond donors (Lipinski definition) is 2. The SMILES string of the molecule is Cc1ccccc1OC(C)CNc1cnc(C(=O)O)cn1. The van der Waals surface area contributed by atoms with Gasteiger partial charge in [0.25, 0.3) is 0 Å². The molecule has 2 rings (SSSR count). The first-order valence-corrected chi connectivity index (χ1v) is 6.58. The van der Waals surface area contributed by atoms with Gasteiger partial charge < -0.3 is 15.2 Å². The van der Waals surface area contributed by atoms with Crippen LogP contribution >= 0.6 is 0 Å². The first kappa shape index (κ1) is 14.8. The average Bonchev–Trinajstić information content (AvgIpc) is 2.48. The van der Waals surface area contributed by atoms with Gasteiger partial charge in [0.1, 0.15) is 17.7 Å². The van der Waals surface area contributed by atoms with Crippen LogP contribution in [0, 0.1) is 6.92 Å². The highest BCUT2D eigenvalue weighted by atomic mass is 16.5. The third-order valence-corrected chi connectivity index (χ3v) is 2.86. The van der Waals surface area contributed by atoms with E-state index in [-0.39, 0.29) is 11.8 Å². The molecule has 110 valence electrons. The van der Waals surface area contributed by atoms with E-state index in [1.54, 1.807) is 0 Å². The van der Waals surface area contributed by atoms with Crippen molar-refractivity contribution in [3.8, 4) is 5.75 Å². The molecule has 1 heterocycles.